The predicted molar refractivity (Wildman–Crippen MR) is 145 cm³/mol. The number of hydrogen-bond donors (Lipinski definition) is 0. The Labute approximate surface area is 221 Å². The van der Waals surface area contributed by atoms with E-state index in [4.69, 9.17) is 9.72 Å². The zero-order chi connectivity index (χ0) is 25.7. The van der Waals surface area contributed by atoms with Crippen LogP contribution in [-0.4, -0.2) is 44.1 Å². The number of benzene rings is 2. The maximum Gasteiger partial charge on any atom is 0.254 e. The number of hydrogen-bond acceptors (Lipinski definition) is 4. The second kappa shape index (κ2) is 7.86. The number of aryl methyl sites for hydroxylation is 1. The molecule has 3 aliphatic carbocycles. The Kier molecular flexibility index (Phi) is 4.60. The molecule has 3 unspecified atom stereocenters. The summed E-state index contributed by atoms with van der Waals surface area (Å²) in [6.45, 7) is 0.914. The van der Waals surface area contributed by atoms with E-state index in [0.29, 0.717) is 40.8 Å². The highest BCUT2D eigenvalue weighted by molar-refractivity contribution is 6.00. The number of nitrogens with zero attached hydrogens (tertiary/aromatic N) is 5. The molecule has 7 nitrogen and oxygen atoms in total. The second-order valence-corrected chi connectivity index (χ2v) is 11.9. The van der Waals surface area contributed by atoms with Crippen molar-refractivity contribution in [1.82, 2.24) is 19.0 Å². The number of nitriles is 1. The van der Waals surface area contributed by atoms with E-state index >= 15 is 0 Å². The van der Waals surface area contributed by atoms with E-state index in [1.54, 1.807) is 7.11 Å². The molecule has 38 heavy (non-hydrogen) atoms. The first kappa shape index (κ1) is 22.2. The lowest BCUT2D eigenvalue weighted by Gasteiger charge is -2.42. The highest BCUT2D eigenvalue weighted by Crippen LogP contribution is 2.55. The lowest BCUT2D eigenvalue weighted by atomic mass is 9.65. The van der Waals surface area contributed by atoms with E-state index in [1.807, 2.05) is 37.4 Å². The number of fused-ring (bicyclic) bond motifs is 3. The molecule has 4 aromatic rings. The molecule has 8 rings (SSSR count). The Bertz CT molecular complexity index is 1680. The molecule has 7 heteroatoms. The third kappa shape index (κ3) is 3.06. The van der Waals surface area contributed by atoms with Crippen LogP contribution >= 0.6 is 0 Å². The number of carbonyl (C=O) groups is 1. The first-order valence-corrected chi connectivity index (χ1v) is 13.9. The van der Waals surface area contributed by atoms with Crippen LogP contribution < -0.4 is 4.74 Å². The second-order valence-electron chi connectivity index (χ2n) is 11.9. The number of carbonyl (C=O) groups excluding carboxylic acids is 1. The lowest BCUT2D eigenvalue weighted by molar-refractivity contribution is 0.0508. The van der Waals surface area contributed by atoms with Gasteiger partial charge < -0.3 is 18.8 Å². The van der Waals surface area contributed by atoms with Crippen molar-refractivity contribution < 1.29 is 9.53 Å². The molecule has 0 radical (unpaired) electrons. The van der Waals surface area contributed by atoms with E-state index in [-0.39, 0.29) is 5.91 Å². The van der Waals surface area contributed by atoms with Gasteiger partial charge in [0.1, 0.15) is 11.3 Å². The number of ether oxygens (including phenoxy) is 1. The molecule has 4 fully saturated rings. The Morgan fingerprint density at radius 1 is 1.13 bits per heavy atom. The summed E-state index contributed by atoms with van der Waals surface area (Å²) < 4.78 is 10.3. The van der Waals surface area contributed by atoms with Gasteiger partial charge in [-0.15, -0.1) is 0 Å². The van der Waals surface area contributed by atoms with Gasteiger partial charge in [0.25, 0.3) is 5.91 Å². The minimum atomic E-state index is 0.127. The van der Waals surface area contributed by atoms with Gasteiger partial charge in [0.05, 0.1) is 30.0 Å². The van der Waals surface area contributed by atoms with Gasteiger partial charge in [0, 0.05) is 42.1 Å². The van der Waals surface area contributed by atoms with E-state index in [9.17, 15) is 10.1 Å². The van der Waals surface area contributed by atoms with Crippen LogP contribution in [0.4, 0.5) is 0 Å². The summed E-state index contributed by atoms with van der Waals surface area (Å²) in [5.41, 5.74) is 5.11. The molecule has 0 spiro atoms. The first-order chi connectivity index (χ1) is 18.5. The molecule has 2 aromatic heterocycles. The molecule has 4 atom stereocenters. The molecule has 1 amide bonds. The van der Waals surface area contributed by atoms with Gasteiger partial charge in [-0.05, 0) is 86.6 Å². The van der Waals surface area contributed by atoms with Crippen LogP contribution in [0.1, 0.15) is 54.4 Å². The van der Waals surface area contributed by atoms with Crippen molar-refractivity contribution in [3.8, 4) is 23.3 Å². The van der Waals surface area contributed by atoms with Gasteiger partial charge in [-0.3, -0.25) is 4.79 Å². The van der Waals surface area contributed by atoms with E-state index in [1.165, 1.54) is 32.1 Å². The standard InChI is InChI=1S/C31H31N5O2/c1-34-29-24(10-21(13-28(29)38-2)31(37)36-22-8-7-19-11-26(36)23(19)14-22)33-30(34)27-12-20-6-5-18(15-32)9-25(20)35(27)16-17-3-4-17/h5-6,9-10,12-13,17,19,22-23,26H,3-4,7-8,11,14,16H2,1-2H3/t19?,22?,23-,26?/m0/s1. The largest absolute Gasteiger partial charge is 0.494 e. The highest BCUT2D eigenvalue weighted by Gasteiger charge is 2.56. The van der Waals surface area contributed by atoms with Crippen molar-refractivity contribution in [3.05, 3.63) is 47.5 Å². The van der Waals surface area contributed by atoms with Crippen LogP contribution in [0, 0.1) is 29.1 Å². The number of imidazole rings is 1. The summed E-state index contributed by atoms with van der Waals surface area (Å²) in [5.74, 6) is 3.85. The molecule has 2 aromatic carbocycles. The van der Waals surface area contributed by atoms with Crippen LogP contribution in [-0.2, 0) is 13.6 Å². The minimum absolute atomic E-state index is 0.127. The molecular weight excluding hydrogens is 474 g/mol. The topological polar surface area (TPSA) is 76.1 Å². The van der Waals surface area contributed by atoms with Gasteiger partial charge in [-0.25, -0.2) is 4.98 Å². The van der Waals surface area contributed by atoms with Gasteiger partial charge in [0.15, 0.2) is 5.82 Å². The number of aromatic nitrogens is 3. The summed E-state index contributed by atoms with van der Waals surface area (Å²) in [7, 11) is 3.69. The fourth-order valence-electron chi connectivity index (χ4n) is 7.69. The predicted octanol–water partition coefficient (Wildman–Crippen LogP) is 5.50. The summed E-state index contributed by atoms with van der Waals surface area (Å²) in [5, 5.41) is 10.6. The monoisotopic (exact) mass is 505 g/mol. The Hall–Kier alpha value is -3.79. The van der Waals surface area contributed by atoms with Gasteiger partial charge >= 0.3 is 0 Å². The molecule has 3 heterocycles. The maximum absolute atomic E-state index is 13.9. The van der Waals surface area contributed by atoms with E-state index in [0.717, 1.165) is 52.3 Å². The first-order valence-electron chi connectivity index (χ1n) is 13.9. The maximum atomic E-state index is 13.9. The van der Waals surface area contributed by atoms with Gasteiger partial charge in [-0.2, -0.15) is 5.26 Å². The van der Waals surface area contributed by atoms with Crippen molar-refractivity contribution in [3.63, 3.8) is 0 Å². The average Bonchev–Trinajstić information content (AvgIpc) is 3.60. The summed E-state index contributed by atoms with van der Waals surface area (Å²) in [6, 6.07) is 15.0. The summed E-state index contributed by atoms with van der Waals surface area (Å²) in [4.78, 5) is 21.2. The van der Waals surface area contributed by atoms with E-state index in [2.05, 4.69) is 26.2 Å². The number of methoxy groups -OCH3 is 1. The van der Waals surface area contributed by atoms with Crippen molar-refractivity contribution >= 4 is 27.8 Å². The van der Waals surface area contributed by atoms with Crippen molar-refractivity contribution in [1.29, 1.82) is 5.26 Å². The lowest BCUT2D eigenvalue weighted by Crippen LogP contribution is -2.47. The number of likely N-dealkylation sites (tertiary alicyclic amines) is 1. The SMILES string of the molecule is COc1cc(C(=O)N2C3CCC4CC2[C@H]4C3)cc2nc(-c3cc4ccc(C#N)cc4n3CC3CC3)n(C)c12. The normalized spacial score (nSPS) is 25.6. The van der Waals surface area contributed by atoms with Gasteiger partial charge in [-0.1, -0.05) is 6.07 Å². The zero-order valence-corrected chi connectivity index (χ0v) is 21.9. The zero-order valence-electron chi connectivity index (χ0n) is 21.9. The molecule has 3 saturated carbocycles. The third-order valence-electron chi connectivity index (χ3n) is 9.85. The third-order valence-corrected chi connectivity index (χ3v) is 9.85. The quantitative estimate of drug-likeness (QED) is 0.359. The molecule has 1 saturated heterocycles. The van der Waals surface area contributed by atoms with Crippen LogP contribution in [0.5, 0.6) is 5.75 Å². The minimum Gasteiger partial charge on any atom is -0.494 e. The van der Waals surface area contributed by atoms with Crippen molar-refractivity contribution in [2.45, 2.75) is 57.2 Å². The summed E-state index contributed by atoms with van der Waals surface area (Å²) >= 11 is 0. The van der Waals surface area contributed by atoms with Crippen LogP contribution in [0.15, 0.2) is 36.4 Å². The molecule has 1 aliphatic heterocycles. The van der Waals surface area contributed by atoms with Crippen LogP contribution in [0.3, 0.4) is 0 Å². The Morgan fingerprint density at radius 3 is 2.76 bits per heavy atom. The van der Waals surface area contributed by atoms with Crippen molar-refractivity contribution in [2.75, 3.05) is 7.11 Å². The van der Waals surface area contributed by atoms with Crippen LogP contribution in [0.2, 0.25) is 0 Å². The number of rotatable bonds is 5. The molecular formula is C31H31N5O2. The average molecular weight is 506 g/mol. The molecule has 2 bridgehead atoms. The van der Waals surface area contributed by atoms with Crippen LogP contribution in [0.25, 0.3) is 33.5 Å². The van der Waals surface area contributed by atoms with E-state index < -0.39 is 0 Å². The van der Waals surface area contributed by atoms with Crippen molar-refractivity contribution in [2.24, 2.45) is 24.8 Å². The number of amides is 1. The smallest absolute Gasteiger partial charge is 0.254 e. The Morgan fingerprint density at radius 2 is 2.00 bits per heavy atom. The summed E-state index contributed by atoms with van der Waals surface area (Å²) in [6.07, 6.45) is 7.21. The molecule has 192 valence electrons. The fraction of sp³-hybridized carbons (Fsp3) is 0.452. The molecule has 0 N–H and O–H groups in total. The fourth-order valence-corrected chi connectivity index (χ4v) is 7.69. The Balaban J connectivity index is 1.25. The van der Waals surface area contributed by atoms with Gasteiger partial charge in [0.2, 0.25) is 0 Å². The molecule has 4 aliphatic rings. The highest BCUT2D eigenvalue weighted by atomic mass is 16.5.